The van der Waals surface area contributed by atoms with E-state index in [4.69, 9.17) is 0 Å². The van der Waals surface area contributed by atoms with Crippen molar-refractivity contribution in [3.05, 3.63) is 47.3 Å². The van der Waals surface area contributed by atoms with E-state index in [1.54, 1.807) is 17.0 Å². The van der Waals surface area contributed by atoms with Crippen molar-refractivity contribution in [2.45, 2.75) is 86.0 Å². The Balaban J connectivity index is 3.40. The Morgan fingerprint density at radius 2 is 1.92 bits per heavy atom. The van der Waals surface area contributed by atoms with E-state index in [9.17, 15) is 0 Å². The molecule has 0 bridgehead atoms. The van der Waals surface area contributed by atoms with Gasteiger partial charge >= 0.3 is 0 Å². The maximum Gasteiger partial charge on any atom is 0.113 e. The molecule has 2 atom stereocenters. The van der Waals surface area contributed by atoms with Crippen molar-refractivity contribution in [2.75, 3.05) is 13.6 Å². The van der Waals surface area contributed by atoms with Crippen LogP contribution in [0.15, 0.2) is 47.3 Å². The second-order valence-electron chi connectivity index (χ2n) is 7.70. The van der Waals surface area contributed by atoms with E-state index in [2.05, 4.69) is 72.0 Å². The van der Waals surface area contributed by atoms with E-state index in [1.807, 2.05) is 0 Å². The van der Waals surface area contributed by atoms with Gasteiger partial charge in [-0.05, 0) is 44.3 Å². The molecule has 0 saturated carbocycles. The Kier molecular flexibility index (Phi) is 10.1. The third-order valence-corrected chi connectivity index (χ3v) is 5.77. The Morgan fingerprint density at radius 3 is 2.56 bits per heavy atom. The molecule has 0 fully saturated rings. The zero-order chi connectivity index (χ0) is 18.7. The average molecular weight is 345 g/mol. The molecule has 0 heterocycles. The average Bonchev–Trinajstić information content (AvgIpc) is 2.61. The molecule has 25 heavy (non-hydrogen) atoms. The van der Waals surface area contributed by atoms with Gasteiger partial charge in [-0.3, -0.25) is 4.48 Å². The summed E-state index contributed by atoms with van der Waals surface area (Å²) in [7, 11) is 2.48. The van der Waals surface area contributed by atoms with E-state index in [-0.39, 0.29) is 0 Å². The van der Waals surface area contributed by atoms with Gasteiger partial charge in [0.15, 0.2) is 0 Å². The fraction of sp³-hybridized carbons (Fsp3) is 0.667. The van der Waals surface area contributed by atoms with E-state index < -0.39 is 0 Å². The number of quaternary nitrogens is 1. The van der Waals surface area contributed by atoms with Crippen molar-refractivity contribution < 1.29 is 4.48 Å². The van der Waals surface area contributed by atoms with Crippen molar-refractivity contribution in [3.8, 4) is 0 Å². The summed E-state index contributed by atoms with van der Waals surface area (Å²) in [5.41, 5.74) is 4.85. The molecule has 1 rings (SSSR count). The molecule has 0 aromatic rings. The highest BCUT2D eigenvalue weighted by molar-refractivity contribution is 5.18. The first-order valence-corrected chi connectivity index (χ1v) is 10.6. The zero-order valence-corrected chi connectivity index (χ0v) is 17.8. The second kappa shape index (κ2) is 11.5. The van der Waals surface area contributed by atoms with Gasteiger partial charge in [-0.25, -0.2) is 0 Å². The topological polar surface area (TPSA) is 0 Å². The highest BCUT2D eigenvalue weighted by Crippen LogP contribution is 2.35. The Bertz CT molecular complexity index is 506. The van der Waals surface area contributed by atoms with Crippen LogP contribution < -0.4 is 0 Å². The fourth-order valence-corrected chi connectivity index (χ4v) is 3.97. The fourth-order valence-electron chi connectivity index (χ4n) is 3.97. The number of hydrogen-bond donors (Lipinski definition) is 0. The molecule has 0 N–H and O–H groups in total. The third-order valence-electron chi connectivity index (χ3n) is 5.77. The van der Waals surface area contributed by atoms with Crippen LogP contribution in [0.5, 0.6) is 0 Å². The molecule has 142 valence electrons. The molecule has 0 radical (unpaired) electrons. The van der Waals surface area contributed by atoms with Gasteiger partial charge < -0.3 is 0 Å². The summed E-state index contributed by atoms with van der Waals surface area (Å²) in [5, 5.41) is 0. The van der Waals surface area contributed by atoms with Gasteiger partial charge in [-0.1, -0.05) is 64.8 Å². The molecule has 2 unspecified atom stereocenters. The second-order valence-corrected chi connectivity index (χ2v) is 7.70. The smallest absolute Gasteiger partial charge is 0.113 e. The first-order valence-electron chi connectivity index (χ1n) is 10.6. The molecule has 0 aromatic carbocycles. The molecule has 1 heteroatoms. The van der Waals surface area contributed by atoms with Crippen molar-refractivity contribution in [1.82, 2.24) is 0 Å². The lowest BCUT2D eigenvalue weighted by atomic mass is 9.93. The Labute approximate surface area is 157 Å². The molecule has 1 aliphatic carbocycles. The van der Waals surface area contributed by atoms with Gasteiger partial charge in [-0.2, -0.15) is 0 Å². The van der Waals surface area contributed by atoms with Crippen molar-refractivity contribution >= 4 is 0 Å². The van der Waals surface area contributed by atoms with Crippen LogP contribution in [0.4, 0.5) is 0 Å². The van der Waals surface area contributed by atoms with Gasteiger partial charge in [0.2, 0.25) is 0 Å². The van der Waals surface area contributed by atoms with Crippen LogP contribution >= 0.6 is 0 Å². The van der Waals surface area contributed by atoms with E-state index in [1.165, 1.54) is 38.6 Å². The van der Waals surface area contributed by atoms with Gasteiger partial charge in [0.1, 0.15) is 11.4 Å². The first kappa shape index (κ1) is 22.0. The first-order chi connectivity index (χ1) is 12.0. The predicted molar refractivity (Wildman–Crippen MR) is 113 cm³/mol. The van der Waals surface area contributed by atoms with Gasteiger partial charge in [0, 0.05) is 18.8 Å². The van der Waals surface area contributed by atoms with Gasteiger partial charge in [-0.15, -0.1) is 0 Å². The van der Waals surface area contributed by atoms with E-state index in [0.717, 1.165) is 23.7 Å². The maximum absolute atomic E-state index is 2.53. The quantitative estimate of drug-likeness (QED) is 0.315. The number of rotatable bonds is 8. The lowest BCUT2D eigenvalue weighted by Crippen LogP contribution is -2.43. The van der Waals surface area contributed by atoms with Crippen molar-refractivity contribution in [1.29, 1.82) is 0 Å². The molecule has 0 aliphatic heterocycles. The Hall–Kier alpha value is -1.08. The van der Waals surface area contributed by atoms with Crippen LogP contribution in [-0.2, 0) is 0 Å². The van der Waals surface area contributed by atoms with Crippen LogP contribution in [-0.4, -0.2) is 18.1 Å². The van der Waals surface area contributed by atoms with Crippen LogP contribution in [0.25, 0.3) is 0 Å². The minimum atomic E-state index is 0.532. The molecule has 0 saturated heterocycles. The summed E-state index contributed by atoms with van der Waals surface area (Å²) >= 11 is 0. The molecule has 0 aromatic heterocycles. The highest BCUT2D eigenvalue weighted by Gasteiger charge is 2.33. The number of allylic oxidation sites excluding steroid dienone is 8. The minimum Gasteiger partial charge on any atom is -0.269 e. The summed E-state index contributed by atoms with van der Waals surface area (Å²) in [6.45, 7) is 12.9. The van der Waals surface area contributed by atoms with Crippen LogP contribution in [0.1, 0.15) is 86.0 Å². The number of unbranched alkanes of at least 4 members (excludes halogenated alkanes) is 2. The largest absolute Gasteiger partial charge is 0.269 e. The lowest BCUT2D eigenvalue weighted by molar-refractivity contribution is -0.838. The van der Waals surface area contributed by atoms with Gasteiger partial charge in [0.05, 0.1) is 13.6 Å². The van der Waals surface area contributed by atoms with E-state index >= 15 is 0 Å². The monoisotopic (exact) mass is 344 g/mol. The highest BCUT2D eigenvalue weighted by atomic mass is 15.4. The van der Waals surface area contributed by atoms with Crippen LogP contribution in [0.3, 0.4) is 0 Å². The van der Waals surface area contributed by atoms with Crippen LogP contribution in [0.2, 0.25) is 0 Å². The van der Waals surface area contributed by atoms with Gasteiger partial charge in [0.25, 0.3) is 0 Å². The zero-order valence-electron chi connectivity index (χ0n) is 17.8. The molecule has 0 amide bonds. The predicted octanol–water partition coefficient (Wildman–Crippen LogP) is 7.53. The summed E-state index contributed by atoms with van der Waals surface area (Å²) in [4.78, 5) is 0. The SMILES string of the molecule is CCCC=C(CC)[N+](C)(CCCC)C1=C(C)C(C)C=CCC=CCC1. The molecule has 1 aliphatic rings. The van der Waals surface area contributed by atoms with Crippen molar-refractivity contribution in [3.63, 3.8) is 0 Å². The minimum absolute atomic E-state index is 0.532. The lowest BCUT2D eigenvalue weighted by Gasteiger charge is -2.39. The summed E-state index contributed by atoms with van der Waals surface area (Å²) < 4.78 is 1.04. The van der Waals surface area contributed by atoms with E-state index in [0.29, 0.717) is 5.92 Å². The third kappa shape index (κ3) is 6.29. The number of nitrogens with zero attached hydrogens (tertiary/aromatic N) is 1. The normalized spacial score (nSPS) is 22.2. The number of hydrogen-bond acceptors (Lipinski definition) is 0. The van der Waals surface area contributed by atoms with Crippen LogP contribution in [0, 0.1) is 5.92 Å². The molecular formula is C24H42N+. The summed E-state index contributed by atoms with van der Waals surface area (Å²) in [6.07, 6.45) is 21.5. The van der Waals surface area contributed by atoms with Crippen molar-refractivity contribution in [2.24, 2.45) is 5.92 Å². The molecular weight excluding hydrogens is 302 g/mol. The summed E-state index contributed by atoms with van der Waals surface area (Å²) in [5.74, 6) is 0.532. The molecule has 0 spiro atoms. The Morgan fingerprint density at radius 1 is 1.16 bits per heavy atom. The standard InChI is InChI=1S/C24H42N/c1-7-10-18-23(9-3)25(6,20-11-8-2)24-19-16-14-12-13-15-17-21(4)22(24)5/h12,14-15,17-18,21H,7-11,13,16,19-20H2,1-6H3/q+1. The maximum atomic E-state index is 2.53. The summed E-state index contributed by atoms with van der Waals surface area (Å²) in [6, 6.07) is 0. The molecule has 1 nitrogen and oxygen atoms in total.